The summed E-state index contributed by atoms with van der Waals surface area (Å²) in [7, 11) is 3.24. The number of halogens is 1. The van der Waals surface area contributed by atoms with Crippen LogP contribution < -0.4 is 10.6 Å². The van der Waals surface area contributed by atoms with E-state index in [9.17, 15) is 0 Å². The molecule has 0 aromatic carbocycles. The number of nitrogens with one attached hydrogen (secondary N) is 2. The molecule has 3 heterocycles. The number of rotatable bonds is 9. The highest BCUT2D eigenvalue weighted by molar-refractivity contribution is 14.2. The highest BCUT2D eigenvalue weighted by Crippen LogP contribution is 2.35. The Hall–Kier alpha value is -1.60. The monoisotopic (exact) mass is 500 g/mol. The molecule has 2 N–H and O–H groups in total. The zero-order valence-electron chi connectivity index (χ0n) is 15.1. The summed E-state index contributed by atoms with van der Waals surface area (Å²) in [6.07, 6.45) is 6.39. The molecule has 0 unspecified atom stereocenters. The quantitative estimate of drug-likeness (QED) is 0.432. The Labute approximate surface area is 173 Å². The van der Waals surface area contributed by atoms with Gasteiger partial charge in [-0.2, -0.15) is 9.97 Å². The Bertz CT molecular complexity index is 924. The standard InChI is InChI=1S/C16H21IN8OS/c1-10(11-3-4-11)18-14-12-5-6-25(27-17)15(12)21-16(20-14)19-13-9-24(23-22-13)7-8-26-2/h5-6,9-11H,3-4,7-8H2,1-2H3,(H2,18,19,20,21)/t10-/m0/s1. The summed E-state index contributed by atoms with van der Waals surface area (Å²) in [5, 5.41) is 16.0. The van der Waals surface area contributed by atoms with Crippen LogP contribution in [0, 0.1) is 5.92 Å². The molecular weight excluding hydrogens is 479 g/mol. The van der Waals surface area contributed by atoms with Crippen molar-refractivity contribution in [2.75, 3.05) is 24.4 Å². The highest BCUT2D eigenvalue weighted by atomic mass is 127. The van der Waals surface area contributed by atoms with E-state index in [2.05, 4.69) is 54.1 Å². The van der Waals surface area contributed by atoms with E-state index in [1.54, 1.807) is 20.9 Å². The van der Waals surface area contributed by atoms with Crippen molar-refractivity contribution in [1.29, 1.82) is 0 Å². The molecule has 1 aliphatic rings. The third-order valence-corrected chi connectivity index (χ3v) is 6.30. The number of aromatic nitrogens is 6. The second-order valence-corrected chi connectivity index (χ2v) is 8.31. The fourth-order valence-corrected chi connectivity index (χ4v) is 4.17. The number of anilines is 3. The molecule has 9 nitrogen and oxygen atoms in total. The summed E-state index contributed by atoms with van der Waals surface area (Å²) in [4.78, 5) is 9.38. The minimum atomic E-state index is 0.390. The van der Waals surface area contributed by atoms with Gasteiger partial charge in [-0.05, 0) is 31.7 Å². The second kappa shape index (κ2) is 8.19. The summed E-state index contributed by atoms with van der Waals surface area (Å²) in [5.41, 5.74) is 0.865. The maximum atomic E-state index is 5.07. The lowest BCUT2D eigenvalue weighted by Crippen LogP contribution is -2.18. The molecule has 0 amide bonds. The predicted molar refractivity (Wildman–Crippen MR) is 116 cm³/mol. The van der Waals surface area contributed by atoms with Gasteiger partial charge in [0.15, 0.2) is 11.5 Å². The number of ether oxygens (including phenoxy) is 1. The smallest absolute Gasteiger partial charge is 0.232 e. The first-order valence-electron chi connectivity index (χ1n) is 8.78. The predicted octanol–water partition coefficient (Wildman–Crippen LogP) is 3.47. The third-order valence-electron chi connectivity index (χ3n) is 4.58. The van der Waals surface area contributed by atoms with Gasteiger partial charge in [-0.15, -0.1) is 5.10 Å². The molecule has 0 spiro atoms. The molecule has 1 fully saturated rings. The highest BCUT2D eigenvalue weighted by Gasteiger charge is 2.28. The van der Waals surface area contributed by atoms with E-state index >= 15 is 0 Å². The maximum absolute atomic E-state index is 5.07. The average molecular weight is 500 g/mol. The maximum Gasteiger partial charge on any atom is 0.232 e. The Kier molecular flexibility index (Phi) is 5.68. The molecule has 0 aliphatic heterocycles. The van der Waals surface area contributed by atoms with Crippen LogP contribution in [0.5, 0.6) is 0 Å². The summed E-state index contributed by atoms with van der Waals surface area (Å²) in [5.74, 6) is 2.68. The Morgan fingerprint density at radius 1 is 1.41 bits per heavy atom. The molecule has 1 saturated carbocycles. The van der Waals surface area contributed by atoms with Gasteiger partial charge in [-0.3, -0.25) is 3.97 Å². The van der Waals surface area contributed by atoms with Crippen LogP contribution in [0.4, 0.5) is 17.6 Å². The van der Waals surface area contributed by atoms with Crippen LogP contribution in [-0.2, 0) is 11.3 Å². The molecule has 1 aliphatic carbocycles. The molecular formula is C16H21IN8OS. The molecule has 3 aromatic heterocycles. The van der Waals surface area contributed by atoms with Gasteiger partial charge in [0.2, 0.25) is 5.95 Å². The van der Waals surface area contributed by atoms with Crippen LogP contribution in [0.15, 0.2) is 18.5 Å². The van der Waals surface area contributed by atoms with Gasteiger partial charge < -0.3 is 15.4 Å². The molecule has 0 bridgehead atoms. The van der Waals surface area contributed by atoms with Crippen LogP contribution in [0.2, 0.25) is 0 Å². The molecule has 3 aromatic rings. The molecule has 0 radical (unpaired) electrons. The molecule has 27 heavy (non-hydrogen) atoms. The van der Waals surface area contributed by atoms with E-state index in [1.165, 1.54) is 12.8 Å². The fourth-order valence-electron chi connectivity index (χ4n) is 2.91. The van der Waals surface area contributed by atoms with Crippen LogP contribution in [0.3, 0.4) is 0 Å². The average Bonchev–Trinajstić information content (AvgIpc) is 3.30. The SMILES string of the molecule is COCCn1cc(Nc2nc(N[C@@H](C)C3CC3)c3ccn(SI)c3n2)nn1. The van der Waals surface area contributed by atoms with Crippen molar-refractivity contribution in [3.05, 3.63) is 18.5 Å². The van der Waals surface area contributed by atoms with Crippen molar-refractivity contribution in [2.24, 2.45) is 5.92 Å². The van der Waals surface area contributed by atoms with Gasteiger partial charge in [-0.1, -0.05) is 5.21 Å². The van der Waals surface area contributed by atoms with Crippen LogP contribution in [0.25, 0.3) is 11.0 Å². The van der Waals surface area contributed by atoms with Crippen molar-refractivity contribution in [3.63, 3.8) is 0 Å². The van der Waals surface area contributed by atoms with Gasteiger partial charge in [0.05, 0.1) is 24.7 Å². The van der Waals surface area contributed by atoms with Crippen molar-refractivity contribution >= 4 is 58.9 Å². The lowest BCUT2D eigenvalue weighted by atomic mass is 10.2. The van der Waals surface area contributed by atoms with Gasteiger partial charge in [0, 0.05) is 49.7 Å². The minimum absolute atomic E-state index is 0.390. The van der Waals surface area contributed by atoms with Crippen LogP contribution in [0.1, 0.15) is 19.8 Å². The topological polar surface area (TPSA) is 94.7 Å². The molecule has 0 saturated heterocycles. The lowest BCUT2D eigenvalue weighted by Gasteiger charge is -2.15. The van der Waals surface area contributed by atoms with Crippen LogP contribution >= 0.6 is 30.3 Å². The number of nitrogens with zero attached hydrogens (tertiary/aromatic N) is 6. The van der Waals surface area contributed by atoms with Gasteiger partial charge in [-0.25, -0.2) is 4.68 Å². The van der Waals surface area contributed by atoms with E-state index in [-0.39, 0.29) is 0 Å². The third kappa shape index (κ3) is 4.29. The number of hydrogen-bond donors (Lipinski definition) is 2. The summed E-state index contributed by atoms with van der Waals surface area (Å²) >= 11 is 2.25. The zero-order chi connectivity index (χ0) is 18.8. The molecule has 11 heteroatoms. The first-order valence-corrected chi connectivity index (χ1v) is 12.1. The zero-order valence-corrected chi connectivity index (χ0v) is 18.1. The van der Waals surface area contributed by atoms with E-state index in [0.717, 1.165) is 22.8 Å². The minimum Gasteiger partial charge on any atom is -0.383 e. The van der Waals surface area contributed by atoms with Crippen molar-refractivity contribution in [2.45, 2.75) is 32.4 Å². The fraction of sp³-hybridized carbons (Fsp3) is 0.500. The first-order chi connectivity index (χ1) is 13.2. The molecule has 1 atom stereocenters. The largest absolute Gasteiger partial charge is 0.383 e. The van der Waals surface area contributed by atoms with E-state index < -0.39 is 0 Å². The number of methoxy groups -OCH3 is 1. The Morgan fingerprint density at radius 2 is 2.26 bits per heavy atom. The summed E-state index contributed by atoms with van der Waals surface area (Å²) in [6.45, 7) is 3.44. The van der Waals surface area contributed by atoms with Gasteiger partial charge in [0.25, 0.3) is 0 Å². The van der Waals surface area contributed by atoms with Crippen molar-refractivity contribution in [3.8, 4) is 0 Å². The summed E-state index contributed by atoms with van der Waals surface area (Å²) < 4.78 is 8.81. The number of fused-ring (bicyclic) bond motifs is 1. The van der Waals surface area contributed by atoms with Crippen molar-refractivity contribution < 1.29 is 4.74 Å². The van der Waals surface area contributed by atoms with E-state index in [4.69, 9.17) is 9.72 Å². The first kappa shape index (κ1) is 18.7. The summed E-state index contributed by atoms with van der Waals surface area (Å²) in [6, 6.07) is 2.44. The van der Waals surface area contributed by atoms with Crippen molar-refractivity contribution in [1.82, 2.24) is 28.9 Å². The van der Waals surface area contributed by atoms with Gasteiger partial charge >= 0.3 is 0 Å². The molecule has 4 rings (SSSR count). The lowest BCUT2D eigenvalue weighted by molar-refractivity contribution is 0.183. The Balaban J connectivity index is 1.62. The van der Waals surface area contributed by atoms with E-state index in [1.807, 2.05) is 22.4 Å². The molecule has 144 valence electrons. The van der Waals surface area contributed by atoms with Gasteiger partial charge in [0.1, 0.15) is 5.82 Å². The normalized spacial score (nSPS) is 15.2. The Morgan fingerprint density at radius 3 is 3.00 bits per heavy atom. The number of hydrogen-bond acceptors (Lipinski definition) is 8. The second-order valence-electron chi connectivity index (χ2n) is 6.60. The van der Waals surface area contributed by atoms with Crippen LogP contribution in [-0.4, -0.2) is 48.7 Å². The van der Waals surface area contributed by atoms with E-state index in [0.29, 0.717) is 31.0 Å².